The Labute approximate surface area is 134 Å². The third-order valence-electron chi connectivity index (χ3n) is 2.86. The highest BCUT2D eigenvalue weighted by molar-refractivity contribution is 6.30. The number of amides is 3. The predicted molar refractivity (Wildman–Crippen MR) is 84.3 cm³/mol. The smallest absolute Gasteiger partial charge is 0.222 e. The summed E-state index contributed by atoms with van der Waals surface area (Å²) in [6.45, 7) is 3.52. The lowest BCUT2D eigenvalue weighted by molar-refractivity contribution is -0.123. The molecule has 6 nitrogen and oxygen atoms in total. The molecular weight excluding hydrogens is 306 g/mol. The molecule has 0 aliphatic heterocycles. The molecule has 7 heteroatoms. The lowest BCUT2D eigenvalue weighted by Gasteiger charge is -2.18. The number of nitrogens with one attached hydrogen (secondary N) is 3. The Morgan fingerprint density at radius 2 is 1.59 bits per heavy atom. The van der Waals surface area contributed by atoms with Crippen LogP contribution in [0.2, 0.25) is 5.02 Å². The first kappa shape index (κ1) is 18.0. The first-order valence-corrected chi connectivity index (χ1v) is 7.30. The summed E-state index contributed by atoms with van der Waals surface area (Å²) in [7, 11) is 0. The van der Waals surface area contributed by atoms with Crippen LogP contribution in [0.3, 0.4) is 0 Å². The van der Waals surface area contributed by atoms with Crippen molar-refractivity contribution in [3.8, 4) is 0 Å². The van der Waals surface area contributed by atoms with Crippen molar-refractivity contribution < 1.29 is 14.4 Å². The molecule has 3 N–H and O–H groups in total. The van der Waals surface area contributed by atoms with Crippen LogP contribution < -0.4 is 16.0 Å². The van der Waals surface area contributed by atoms with Crippen LogP contribution in [0.25, 0.3) is 0 Å². The molecule has 0 saturated carbocycles. The van der Waals surface area contributed by atoms with Gasteiger partial charge in [0, 0.05) is 32.0 Å². The van der Waals surface area contributed by atoms with Crippen molar-refractivity contribution in [1.29, 1.82) is 0 Å². The van der Waals surface area contributed by atoms with E-state index in [0.29, 0.717) is 18.1 Å². The van der Waals surface area contributed by atoms with Crippen molar-refractivity contribution in [3.63, 3.8) is 0 Å². The maximum absolute atomic E-state index is 11.9. The standard InChI is InChI=1S/C15H20ClN3O3/c1-10(20)17-7-8-18-15(22)9-14(19-11(2)21)12-3-5-13(16)6-4-12/h3-6,14H,7-9H2,1-2H3,(H,17,20)(H,18,22)(H,19,21)/t14-/m0/s1. The Balaban J connectivity index is 2.57. The Morgan fingerprint density at radius 3 is 2.14 bits per heavy atom. The molecule has 0 radical (unpaired) electrons. The molecule has 1 aromatic rings. The fourth-order valence-electron chi connectivity index (χ4n) is 1.89. The summed E-state index contributed by atoms with van der Waals surface area (Å²) in [4.78, 5) is 33.9. The summed E-state index contributed by atoms with van der Waals surface area (Å²) in [5.41, 5.74) is 0.802. The number of hydrogen-bond donors (Lipinski definition) is 3. The number of hydrogen-bond acceptors (Lipinski definition) is 3. The van der Waals surface area contributed by atoms with E-state index in [1.165, 1.54) is 13.8 Å². The molecule has 1 aromatic carbocycles. The highest BCUT2D eigenvalue weighted by Gasteiger charge is 2.16. The molecule has 0 saturated heterocycles. The van der Waals surface area contributed by atoms with E-state index in [-0.39, 0.29) is 24.1 Å². The summed E-state index contributed by atoms with van der Waals surface area (Å²) < 4.78 is 0. The second-order valence-electron chi connectivity index (χ2n) is 4.84. The van der Waals surface area contributed by atoms with Crippen molar-refractivity contribution in [2.24, 2.45) is 0 Å². The molecule has 0 fully saturated rings. The van der Waals surface area contributed by atoms with Crippen molar-refractivity contribution >= 4 is 29.3 Å². The largest absolute Gasteiger partial charge is 0.355 e. The van der Waals surface area contributed by atoms with Crippen LogP contribution >= 0.6 is 11.6 Å². The minimum absolute atomic E-state index is 0.112. The van der Waals surface area contributed by atoms with Gasteiger partial charge in [0.05, 0.1) is 12.5 Å². The second kappa shape index (κ2) is 9.04. The molecule has 22 heavy (non-hydrogen) atoms. The van der Waals surface area contributed by atoms with Gasteiger partial charge in [-0.2, -0.15) is 0 Å². The fraction of sp³-hybridized carbons (Fsp3) is 0.400. The topological polar surface area (TPSA) is 87.3 Å². The van der Waals surface area contributed by atoms with E-state index in [1.54, 1.807) is 24.3 Å². The van der Waals surface area contributed by atoms with Crippen LogP contribution in [0.1, 0.15) is 31.9 Å². The maximum Gasteiger partial charge on any atom is 0.222 e. The lowest BCUT2D eigenvalue weighted by Crippen LogP contribution is -2.36. The molecule has 0 aromatic heterocycles. The highest BCUT2D eigenvalue weighted by atomic mass is 35.5. The predicted octanol–water partition coefficient (Wildman–Crippen LogP) is 1.16. The Kier molecular flexibility index (Phi) is 7.39. The van der Waals surface area contributed by atoms with Gasteiger partial charge in [0.15, 0.2) is 0 Å². The molecular formula is C15H20ClN3O3. The first-order valence-electron chi connectivity index (χ1n) is 6.92. The molecule has 1 atom stereocenters. The zero-order chi connectivity index (χ0) is 16.5. The molecule has 0 bridgehead atoms. The second-order valence-corrected chi connectivity index (χ2v) is 5.28. The molecule has 120 valence electrons. The van der Waals surface area contributed by atoms with E-state index in [2.05, 4.69) is 16.0 Å². The van der Waals surface area contributed by atoms with Gasteiger partial charge in [-0.1, -0.05) is 23.7 Å². The molecule has 0 unspecified atom stereocenters. The Morgan fingerprint density at radius 1 is 1.00 bits per heavy atom. The van der Waals surface area contributed by atoms with E-state index in [1.807, 2.05) is 0 Å². The molecule has 0 aliphatic rings. The van der Waals surface area contributed by atoms with Gasteiger partial charge in [0.25, 0.3) is 0 Å². The third-order valence-corrected chi connectivity index (χ3v) is 3.11. The van der Waals surface area contributed by atoms with Gasteiger partial charge >= 0.3 is 0 Å². The quantitative estimate of drug-likeness (QED) is 0.657. The van der Waals surface area contributed by atoms with Gasteiger partial charge in [-0.3, -0.25) is 14.4 Å². The SMILES string of the molecule is CC(=O)NCCNC(=O)C[C@H](NC(C)=O)c1ccc(Cl)cc1. The normalized spacial score (nSPS) is 11.4. The summed E-state index contributed by atoms with van der Waals surface area (Å²) in [5.74, 6) is -0.573. The van der Waals surface area contributed by atoms with Gasteiger partial charge in [-0.25, -0.2) is 0 Å². The average Bonchev–Trinajstić information content (AvgIpc) is 2.43. The fourth-order valence-corrected chi connectivity index (χ4v) is 2.02. The third kappa shape index (κ3) is 7.08. The zero-order valence-electron chi connectivity index (χ0n) is 12.6. The van der Waals surface area contributed by atoms with Crippen LogP contribution in [-0.2, 0) is 14.4 Å². The number of carbonyl (C=O) groups is 3. The molecule has 0 aliphatic carbocycles. The van der Waals surface area contributed by atoms with Crippen LogP contribution in [0.5, 0.6) is 0 Å². The molecule has 3 amide bonds. The van der Waals surface area contributed by atoms with Crippen LogP contribution in [0.15, 0.2) is 24.3 Å². The van der Waals surface area contributed by atoms with Crippen LogP contribution in [0.4, 0.5) is 0 Å². The van der Waals surface area contributed by atoms with E-state index < -0.39 is 6.04 Å². The zero-order valence-corrected chi connectivity index (χ0v) is 13.4. The van der Waals surface area contributed by atoms with Gasteiger partial charge in [0.1, 0.15) is 0 Å². The van der Waals surface area contributed by atoms with Gasteiger partial charge in [-0.15, -0.1) is 0 Å². The summed E-state index contributed by atoms with van der Waals surface area (Å²) in [6.07, 6.45) is 0.112. The highest BCUT2D eigenvalue weighted by Crippen LogP contribution is 2.19. The van der Waals surface area contributed by atoms with Gasteiger partial charge in [0.2, 0.25) is 17.7 Å². The van der Waals surface area contributed by atoms with Crippen molar-refractivity contribution in [1.82, 2.24) is 16.0 Å². The van der Waals surface area contributed by atoms with Crippen molar-refractivity contribution in [2.75, 3.05) is 13.1 Å². The van der Waals surface area contributed by atoms with E-state index >= 15 is 0 Å². The summed E-state index contributed by atoms with van der Waals surface area (Å²) in [6, 6.07) is 6.54. The van der Waals surface area contributed by atoms with Crippen LogP contribution in [-0.4, -0.2) is 30.8 Å². The minimum Gasteiger partial charge on any atom is -0.355 e. The van der Waals surface area contributed by atoms with Crippen molar-refractivity contribution in [3.05, 3.63) is 34.9 Å². The number of carbonyl (C=O) groups excluding carboxylic acids is 3. The summed E-state index contributed by atoms with van der Waals surface area (Å²) in [5, 5.41) is 8.61. The lowest BCUT2D eigenvalue weighted by atomic mass is 10.0. The maximum atomic E-state index is 11.9. The summed E-state index contributed by atoms with van der Waals surface area (Å²) >= 11 is 5.84. The minimum atomic E-state index is -0.421. The Hall–Kier alpha value is -2.08. The number of rotatable bonds is 7. The Bertz CT molecular complexity index is 531. The molecule has 1 rings (SSSR count). The number of benzene rings is 1. The van der Waals surface area contributed by atoms with Gasteiger partial charge in [-0.05, 0) is 17.7 Å². The van der Waals surface area contributed by atoms with Gasteiger partial charge < -0.3 is 16.0 Å². The van der Waals surface area contributed by atoms with E-state index in [9.17, 15) is 14.4 Å². The monoisotopic (exact) mass is 325 g/mol. The number of halogens is 1. The molecule has 0 spiro atoms. The van der Waals surface area contributed by atoms with E-state index in [4.69, 9.17) is 11.6 Å². The van der Waals surface area contributed by atoms with Crippen molar-refractivity contribution in [2.45, 2.75) is 26.3 Å². The first-order chi connectivity index (χ1) is 10.4. The van der Waals surface area contributed by atoms with E-state index in [0.717, 1.165) is 5.56 Å². The average molecular weight is 326 g/mol. The molecule has 0 heterocycles. The van der Waals surface area contributed by atoms with Crippen LogP contribution in [0, 0.1) is 0 Å².